The first-order valence-electron chi connectivity index (χ1n) is 11.8. The minimum Gasteiger partial charge on any atom is -0.326 e. The summed E-state index contributed by atoms with van der Waals surface area (Å²) in [6, 6.07) is 6.08. The molecule has 10 heteroatoms. The van der Waals surface area contributed by atoms with Crippen molar-refractivity contribution in [2.75, 3.05) is 5.32 Å². The third-order valence-corrected chi connectivity index (χ3v) is 10.4. The SMILES string of the molecule is CC(C)(C)S(=O)(=O)N[C@H]1CC[C@H](C(=O)Nc2ccc(S(=O)(=O)NC3CCCCC3)cc2)CC1. The van der Waals surface area contributed by atoms with E-state index < -0.39 is 24.8 Å². The predicted molar refractivity (Wildman–Crippen MR) is 130 cm³/mol. The molecule has 2 fully saturated rings. The summed E-state index contributed by atoms with van der Waals surface area (Å²) in [5, 5.41) is 2.87. The van der Waals surface area contributed by atoms with Crippen LogP contribution in [0.3, 0.4) is 0 Å². The second kappa shape index (κ2) is 10.4. The van der Waals surface area contributed by atoms with Crippen LogP contribution in [0.1, 0.15) is 78.6 Å². The molecule has 2 aliphatic rings. The van der Waals surface area contributed by atoms with Crippen molar-refractivity contribution < 1.29 is 21.6 Å². The van der Waals surface area contributed by atoms with Crippen molar-refractivity contribution in [1.82, 2.24) is 9.44 Å². The zero-order chi connectivity index (χ0) is 24.3. The molecule has 0 atom stereocenters. The summed E-state index contributed by atoms with van der Waals surface area (Å²) in [5.74, 6) is -0.320. The Labute approximate surface area is 198 Å². The zero-order valence-electron chi connectivity index (χ0n) is 19.8. The zero-order valence-corrected chi connectivity index (χ0v) is 21.4. The van der Waals surface area contributed by atoms with E-state index in [-0.39, 0.29) is 28.8 Å². The molecule has 0 radical (unpaired) electrons. The number of carbonyl (C=O) groups is 1. The molecule has 3 rings (SSSR count). The second-order valence-electron chi connectivity index (χ2n) is 10.3. The van der Waals surface area contributed by atoms with Gasteiger partial charge in [-0.2, -0.15) is 0 Å². The molecule has 0 spiro atoms. The number of amides is 1. The van der Waals surface area contributed by atoms with Crippen LogP contribution >= 0.6 is 0 Å². The van der Waals surface area contributed by atoms with Crippen LogP contribution in [0.2, 0.25) is 0 Å². The highest BCUT2D eigenvalue weighted by atomic mass is 32.2. The van der Waals surface area contributed by atoms with E-state index in [0.29, 0.717) is 31.4 Å². The fourth-order valence-corrected chi connectivity index (χ4v) is 6.67. The summed E-state index contributed by atoms with van der Waals surface area (Å²) in [6.07, 6.45) is 7.39. The van der Waals surface area contributed by atoms with Crippen LogP contribution < -0.4 is 14.8 Å². The van der Waals surface area contributed by atoms with E-state index in [9.17, 15) is 21.6 Å². The average Bonchev–Trinajstić information content (AvgIpc) is 2.74. The largest absolute Gasteiger partial charge is 0.326 e. The van der Waals surface area contributed by atoms with Gasteiger partial charge >= 0.3 is 0 Å². The number of benzene rings is 1. The molecule has 1 amide bonds. The molecule has 1 aromatic carbocycles. The fourth-order valence-electron chi connectivity index (χ4n) is 4.34. The Morgan fingerprint density at radius 1 is 0.788 bits per heavy atom. The van der Waals surface area contributed by atoms with Crippen LogP contribution in [0.4, 0.5) is 5.69 Å². The number of carbonyl (C=O) groups excluding carboxylic acids is 1. The van der Waals surface area contributed by atoms with Gasteiger partial charge in [-0.25, -0.2) is 26.3 Å². The normalized spacial score (nSPS) is 23.2. The summed E-state index contributed by atoms with van der Waals surface area (Å²) in [5.41, 5.74) is 0.548. The van der Waals surface area contributed by atoms with Gasteiger partial charge in [-0.15, -0.1) is 0 Å². The number of rotatable bonds is 7. The van der Waals surface area contributed by atoms with Gasteiger partial charge in [0.15, 0.2) is 0 Å². The molecule has 0 saturated heterocycles. The first kappa shape index (κ1) is 26.1. The molecule has 0 heterocycles. The van der Waals surface area contributed by atoms with E-state index in [1.54, 1.807) is 32.9 Å². The van der Waals surface area contributed by atoms with Crippen LogP contribution in [0.25, 0.3) is 0 Å². The lowest BCUT2D eigenvalue weighted by Crippen LogP contribution is -2.46. The molecule has 186 valence electrons. The number of hydrogen-bond donors (Lipinski definition) is 3. The van der Waals surface area contributed by atoms with Crippen molar-refractivity contribution in [3.05, 3.63) is 24.3 Å². The molecule has 1 aromatic rings. The van der Waals surface area contributed by atoms with Gasteiger partial charge in [0.2, 0.25) is 26.0 Å². The summed E-state index contributed by atoms with van der Waals surface area (Å²) < 4.78 is 54.6. The Kier molecular flexibility index (Phi) is 8.24. The lowest BCUT2D eigenvalue weighted by molar-refractivity contribution is -0.120. The smallest absolute Gasteiger partial charge is 0.240 e. The number of anilines is 1. The highest BCUT2D eigenvalue weighted by Gasteiger charge is 2.34. The van der Waals surface area contributed by atoms with Gasteiger partial charge in [0, 0.05) is 23.7 Å². The van der Waals surface area contributed by atoms with Crippen LogP contribution in [0, 0.1) is 5.92 Å². The molecule has 8 nitrogen and oxygen atoms in total. The van der Waals surface area contributed by atoms with E-state index in [2.05, 4.69) is 14.8 Å². The first-order valence-corrected chi connectivity index (χ1v) is 14.8. The monoisotopic (exact) mass is 499 g/mol. The summed E-state index contributed by atoms with van der Waals surface area (Å²) >= 11 is 0. The third kappa shape index (κ3) is 7.00. The maximum absolute atomic E-state index is 12.7. The first-order chi connectivity index (χ1) is 15.4. The molecule has 33 heavy (non-hydrogen) atoms. The molecule has 0 aliphatic heterocycles. The maximum atomic E-state index is 12.7. The third-order valence-electron chi connectivity index (χ3n) is 6.59. The molecular formula is C23H37N3O5S2. The van der Waals surface area contributed by atoms with Crippen molar-refractivity contribution in [1.29, 1.82) is 0 Å². The van der Waals surface area contributed by atoms with Crippen molar-refractivity contribution in [3.63, 3.8) is 0 Å². The van der Waals surface area contributed by atoms with E-state index >= 15 is 0 Å². The second-order valence-corrected chi connectivity index (χ2v) is 14.4. The summed E-state index contributed by atoms with van der Waals surface area (Å²) in [7, 11) is -6.99. The van der Waals surface area contributed by atoms with Crippen molar-refractivity contribution in [2.24, 2.45) is 5.92 Å². The van der Waals surface area contributed by atoms with E-state index in [4.69, 9.17) is 0 Å². The molecular weight excluding hydrogens is 462 g/mol. The van der Waals surface area contributed by atoms with Crippen LogP contribution in [0.5, 0.6) is 0 Å². The minimum absolute atomic E-state index is 0.00821. The highest BCUT2D eigenvalue weighted by molar-refractivity contribution is 7.90. The molecule has 0 bridgehead atoms. The Morgan fingerprint density at radius 2 is 1.33 bits per heavy atom. The fraction of sp³-hybridized carbons (Fsp3) is 0.696. The van der Waals surface area contributed by atoms with Gasteiger partial charge in [0.1, 0.15) is 0 Å². The lowest BCUT2D eigenvalue weighted by atomic mass is 9.86. The van der Waals surface area contributed by atoms with Gasteiger partial charge in [-0.05, 0) is 83.6 Å². The molecule has 0 aromatic heterocycles. The summed E-state index contributed by atoms with van der Waals surface area (Å²) in [4.78, 5) is 12.9. The molecule has 3 N–H and O–H groups in total. The Hall–Kier alpha value is -1.49. The lowest BCUT2D eigenvalue weighted by Gasteiger charge is -2.30. The minimum atomic E-state index is -3.58. The predicted octanol–water partition coefficient (Wildman–Crippen LogP) is 3.51. The van der Waals surface area contributed by atoms with Gasteiger partial charge in [-0.3, -0.25) is 4.79 Å². The van der Waals surface area contributed by atoms with E-state index in [1.165, 1.54) is 12.1 Å². The van der Waals surface area contributed by atoms with Crippen LogP contribution in [0.15, 0.2) is 29.2 Å². The quantitative estimate of drug-likeness (QED) is 0.530. The number of hydrogen-bond acceptors (Lipinski definition) is 5. The van der Waals surface area contributed by atoms with Crippen LogP contribution in [-0.4, -0.2) is 39.6 Å². The number of nitrogens with one attached hydrogen (secondary N) is 3. The van der Waals surface area contributed by atoms with Crippen molar-refractivity contribution in [2.45, 2.75) is 100 Å². The number of sulfonamides is 2. The van der Waals surface area contributed by atoms with Gasteiger partial charge in [-0.1, -0.05) is 19.3 Å². The van der Waals surface area contributed by atoms with Crippen LogP contribution in [-0.2, 0) is 24.8 Å². The van der Waals surface area contributed by atoms with E-state index in [1.807, 2.05) is 0 Å². The molecule has 2 saturated carbocycles. The topological polar surface area (TPSA) is 121 Å². The Bertz CT molecular complexity index is 1020. The average molecular weight is 500 g/mol. The standard InChI is InChI=1S/C23H37N3O5S2/c1-23(2,3)33(30,31)26-20-11-9-17(10-12-20)22(27)24-18-13-15-21(16-14-18)32(28,29)25-19-7-5-4-6-8-19/h13-17,19-20,25-26H,4-12H2,1-3H3,(H,24,27)/t17-,20-. The Balaban J connectivity index is 1.51. The van der Waals surface area contributed by atoms with Crippen molar-refractivity contribution in [3.8, 4) is 0 Å². The van der Waals surface area contributed by atoms with E-state index in [0.717, 1.165) is 32.1 Å². The van der Waals surface area contributed by atoms with Gasteiger partial charge in [0.25, 0.3) is 0 Å². The maximum Gasteiger partial charge on any atom is 0.240 e. The Morgan fingerprint density at radius 3 is 1.88 bits per heavy atom. The van der Waals surface area contributed by atoms with Gasteiger partial charge in [0.05, 0.1) is 9.64 Å². The van der Waals surface area contributed by atoms with Crippen molar-refractivity contribution >= 4 is 31.6 Å². The molecule has 0 unspecified atom stereocenters. The highest BCUT2D eigenvalue weighted by Crippen LogP contribution is 2.28. The summed E-state index contributed by atoms with van der Waals surface area (Å²) in [6.45, 7) is 4.99. The molecule has 2 aliphatic carbocycles. The van der Waals surface area contributed by atoms with Gasteiger partial charge < -0.3 is 5.32 Å².